The van der Waals surface area contributed by atoms with Gasteiger partial charge < -0.3 is 5.32 Å². The number of hydrogen-bond donors (Lipinski definition) is 1. The van der Waals surface area contributed by atoms with Crippen LogP contribution in [0.4, 0.5) is 11.4 Å². The lowest BCUT2D eigenvalue weighted by Gasteiger charge is -2.09. The van der Waals surface area contributed by atoms with Crippen molar-refractivity contribution < 1.29 is 9.72 Å². The number of carbonyl (C=O) groups is 1. The third-order valence-electron chi connectivity index (χ3n) is 4.47. The molecule has 0 saturated heterocycles. The number of nitrogens with one attached hydrogen (secondary N) is 1. The molecule has 3 aromatic rings. The van der Waals surface area contributed by atoms with Crippen molar-refractivity contribution in [3.8, 4) is 0 Å². The standard InChI is InChI=1S/C18H18Cl2N6O3/c1-4-24-9-15(26(28)29)17(23-24)18(27)21-16-10(2)22-25(11(16)3)8-12-13(19)6-5-7-14(12)20/h5-7,9H,4,8H2,1-3H3,(H,21,27). The monoisotopic (exact) mass is 436 g/mol. The maximum absolute atomic E-state index is 12.7. The van der Waals surface area contributed by atoms with E-state index in [-0.39, 0.29) is 11.4 Å². The van der Waals surface area contributed by atoms with E-state index in [2.05, 4.69) is 15.5 Å². The van der Waals surface area contributed by atoms with Gasteiger partial charge in [-0.3, -0.25) is 24.3 Å². The van der Waals surface area contributed by atoms with E-state index in [1.165, 1.54) is 10.9 Å². The summed E-state index contributed by atoms with van der Waals surface area (Å²) in [4.78, 5) is 23.3. The maximum Gasteiger partial charge on any atom is 0.320 e. The molecule has 0 saturated carbocycles. The van der Waals surface area contributed by atoms with E-state index in [1.54, 1.807) is 43.7 Å². The fourth-order valence-electron chi connectivity index (χ4n) is 2.91. The number of aromatic nitrogens is 4. The molecule has 0 aliphatic rings. The predicted molar refractivity (Wildman–Crippen MR) is 110 cm³/mol. The van der Waals surface area contributed by atoms with Crippen molar-refractivity contribution in [2.45, 2.75) is 33.9 Å². The molecule has 0 atom stereocenters. The lowest BCUT2D eigenvalue weighted by Crippen LogP contribution is -2.16. The third-order valence-corrected chi connectivity index (χ3v) is 5.18. The number of anilines is 1. The minimum atomic E-state index is -0.676. The van der Waals surface area contributed by atoms with E-state index in [4.69, 9.17) is 23.2 Å². The first-order valence-electron chi connectivity index (χ1n) is 8.73. The summed E-state index contributed by atoms with van der Waals surface area (Å²) in [5.41, 5.74) is 1.77. The van der Waals surface area contributed by atoms with Crippen LogP contribution >= 0.6 is 23.2 Å². The highest BCUT2D eigenvalue weighted by Gasteiger charge is 2.27. The van der Waals surface area contributed by atoms with E-state index in [9.17, 15) is 14.9 Å². The first-order chi connectivity index (χ1) is 13.7. The van der Waals surface area contributed by atoms with Gasteiger partial charge in [-0.1, -0.05) is 29.3 Å². The predicted octanol–water partition coefficient (Wildman–Crippen LogP) is 4.23. The molecule has 2 heterocycles. The first-order valence-corrected chi connectivity index (χ1v) is 9.48. The van der Waals surface area contributed by atoms with E-state index in [0.717, 1.165) is 0 Å². The van der Waals surface area contributed by atoms with Crippen molar-refractivity contribution in [2.24, 2.45) is 0 Å². The van der Waals surface area contributed by atoms with Gasteiger partial charge in [0.2, 0.25) is 5.69 Å². The second-order valence-electron chi connectivity index (χ2n) is 6.33. The molecular formula is C18H18Cl2N6O3. The van der Waals surface area contributed by atoms with Crippen LogP contribution in [-0.4, -0.2) is 30.4 Å². The average Bonchev–Trinajstić information content (AvgIpc) is 3.22. The minimum Gasteiger partial charge on any atom is -0.317 e. The Hall–Kier alpha value is -2.91. The van der Waals surface area contributed by atoms with Gasteiger partial charge in [0.15, 0.2) is 0 Å². The molecule has 9 nitrogen and oxygen atoms in total. The van der Waals surface area contributed by atoms with Crippen molar-refractivity contribution in [2.75, 3.05) is 5.32 Å². The Bertz CT molecular complexity index is 1090. The molecule has 0 radical (unpaired) electrons. The van der Waals surface area contributed by atoms with Crippen LogP contribution in [0.3, 0.4) is 0 Å². The SMILES string of the molecule is CCn1cc([N+](=O)[O-])c(C(=O)Nc2c(C)nn(Cc3c(Cl)cccc3Cl)c2C)n1. The molecule has 0 bridgehead atoms. The number of aryl methyl sites for hydroxylation is 2. The topological polar surface area (TPSA) is 108 Å². The van der Waals surface area contributed by atoms with Gasteiger partial charge in [-0.15, -0.1) is 0 Å². The number of benzene rings is 1. The van der Waals surface area contributed by atoms with E-state index < -0.39 is 10.8 Å². The van der Waals surface area contributed by atoms with Crippen molar-refractivity contribution in [3.05, 3.63) is 67.2 Å². The fraction of sp³-hybridized carbons (Fsp3) is 0.278. The Balaban J connectivity index is 1.91. The lowest BCUT2D eigenvalue weighted by molar-refractivity contribution is -0.385. The van der Waals surface area contributed by atoms with Crippen molar-refractivity contribution in [1.82, 2.24) is 19.6 Å². The van der Waals surface area contributed by atoms with Gasteiger partial charge >= 0.3 is 5.69 Å². The summed E-state index contributed by atoms with van der Waals surface area (Å²) in [6.07, 6.45) is 1.23. The Morgan fingerprint density at radius 1 is 1.24 bits per heavy atom. The Labute approximate surface area is 176 Å². The van der Waals surface area contributed by atoms with Crippen molar-refractivity contribution in [3.63, 3.8) is 0 Å². The highest BCUT2D eigenvalue weighted by molar-refractivity contribution is 6.36. The smallest absolute Gasteiger partial charge is 0.317 e. The second kappa shape index (κ2) is 8.22. The highest BCUT2D eigenvalue weighted by Crippen LogP contribution is 2.28. The molecule has 152 valence electrons. The van der Waals surface area contributed by atoms with E-state index in [0.29, 0.717) is 45.8 Å². The largest absolute Gasteiger partial charge is 0.320 e. The lowest BCUT2D eigenvalue weighted by atomic mass is 10.2. The summed E-state index contributed by atoms with van der Waals surface area (Å²) in [6, 6.07) is 5.23. The molecule has 11 heteroatoms. The normalized spacial score (nSPS) is 10.9. The van der Waals surface area contributed by atoms with Crippen LogP contribution in [0, 0.1) is 24.0 Å². The summed E-state index contributed by atoms with van der Waals surface area (Å²) >= 11 is 12.5. The zero-order valence-electron chi connectivity index (χ0n) is 15.9. The number of nitrogens with zero attached hydrogens (tertiary/aromatic N) is 5. The molecule has 0 unspecified atom stereocenters. The molecule has 0 spiro atoms. The number of nitro groups is 1. The van der Waals surface area contributed by atoms with Gasteiger partial charge in [0, 0.05) is 22.2 Å². The highest BCUT2D eigenvalue weighted by atomic mass is 35.5. The summed E-state index contributed by atoms with van der Waals surface area (Å²) in [5, 5.41) is 23.4. The number of carbonyl (C=O) groups excluding carboxylic acids is 1. The summed E-state index contributed by atoms with van der Waals surface area (Å²) in [7, 11) is 0. The summed E-state index contributed by atoms with van der Waals surface area (Å²) < 4.78 is 3.01. The molecule has 1 amide bonds. The maximum atomic E-state index is 12.7. The van der Waals surface area contributed by atoms with Gasteiger partial charge in [0.05, 0.1) is 28.5 Å². The molecule has 0 fully saturated rings. The molecule has 0 aliphatic heterocycles. The number of hydrogen-bond acceptors (Lipinski definition) is 5. The molecule has 3 rings (SSSR count). The van der Waals surface area contributed by atoms with Crippen LogP contribution in [0.25, 0.3) is 0 Å². The average molecular weight is 437 g/mol. The second-order valence-corrected chi connectivity index (χ2v) is 7.15. The minimum absolute atomic E-state index is 0.252. The zero-order chi connectivity index (χ0) is 21.3. The van der Waals surface area contributed by atoms with Crippen LogP contribution in [0.5, 0.6) is 0 Å². The number of halogens is 2. The molecule has 1 aromatic carbocycles. The van der Waals surface area contributed by atoms with Crippen LogP contribution in [-0.2, 0) is 13.1 Å². The van der Waals surface area contributed by atoms with Gasteiger partial charge in [-0.2, -0.15) is 10.2 Å². The van der Waals surface area contributed by atoms with Crippen molar-refractivity contribution in [1.29, 1.82) is 0 Å². The zero-order valence-corrected chi connectivity index (χ0v) is 17.5. The van der Waals surface area contributed by atoms with Gasteiger partial charge in [0.25, 0.3) is 5.91 Å². The summed E-state index contributed by atoms with van der Waals surface area (Å²) in [5.74, 6) is -0.676. The third kappa shape index (κ3) is 4.10. The number of rotatable bonds is 6. The van der Waals surface area contributed by atoms with Crippen molar-refractivity contribution >= 4 is 40.5 Å². The Morgan fingerprint density at radius 3 is 2.48 bits per heavy atom. The number of amides is 1. The van der Waals surface area contributed by atoms with Crippen LogP contribution in [0.2, 0.25) is 10.0 Å². The van der Waals surface area contributed by atoms with Crippen LogP contribution < -0.4 is 5.32 Å². The van der Waals surface area contributed by atoms with Gasteiger partial charge in [-0.05, 0) is 32.9 Å². The Morgan fingerprint density at radius 2 is 1.90 bits per heavy atom. The van der Waals surface area contributed by atoms with Gasteiger partial charge in [-0.25, -0.2) is 0 Å². The van der Waals surface area contributed by atoms with Gasteiger partial charge in [0.1, 0.15) is 6.20 Å². The van der Waals surface area contributed by atoms with Crippen LogP contribution in [0.15, 0.2) is 24.4 Å². The van der Waals surface area contributed by atoms with Crippen LogP contribution in [0.1, 0.15) is 34.4 Å². The molecule has 1 N–H and O–H groups in total. The first kappa shape index (κ1) is 20.8. The van der Waals surface area contributed by atoms with E-state index in [1.807, 2.05) is 0 Å². The fourth-order valence-corrected chi connectivity index (χ4v) is 3.42. The molecular weight excluding hydrogens is 419 g/mol. The quantitative estimate of drug-likeness (QED) is 0.459. The molecule has 0 aliphatic carbocycles. The summed E-state index contributed by atoms with van der Waals surface area (Å²) in [6.45, 7) is 6.00. The van der Waals surface area contributed by atoms with E-state index >= 15 is 0 Å². The Kier molecular flexibility index (Phi) is 5.90. The molecule has 2 aromatic heterocycles. The molecule has 29 heavy (non-hydrogen) atoms.